The first-order valence-electron chi connectivity index (χ1n) is 6.56. The molecule has 0 N–H and O–H groups in total. The lowest BCUT2D eigenvalue weighted by molar-refractivity contribution is 0.460. The van der Waals surface area contributed by atoms with Gasteiger partial charge in [-0.25, -0.2) is 0 Å². The van der Waals surface area contributed by atoms with Crippen LogP contribution in [0.25, 0.3) is 0 Å². The Hall–Kier alpha value is -2.45. The van der Waals surface area contributed by atoms with Crippen LogP contribution >= 0.6 is 11.6 Å². The fraction of sp³-hybridized carbons (Fsp3) is 0. The first kappa shape index (κ1) is 13.5. The Morgan fingerprint density at radius 3 is 1.76 bits per heavy atom. The third-order valence-corrected chi connectivity index (χ3v) is 3.16. The molecule has 21 heavy (non-hydrogen) atoms. The monoisotopic (exact) mass is 296 g/mol. The molecule has 0 spiro atoms. The zero-order valence-electron chi connectivity index (χ0n) is 11.2. The number of hydrogen-bond donors (Lipinski definition) is 0. The van der Waals surface area contributed by atoms with Crippen molar-refractivity contribution in [1.29, 1.82) is 0 Å². The highest BCUT2D eigenvalue weighted by atomic mass is 35.5. The highest BCUT2D eigenvalue weighted by Crippen LogP contribution is 2.34. The molecule has 3 aromatic carbocycles. The third kappa shape index (κ3) is 3.56. The van der Waals surface area contributed by atoms with Crippen molar-refractivity contribution in [3.8, 4) is 23.0 Å². The molecule has 3 aromatic rings. The quantitative estimate of drug-likeness (QED) is 0.594. The van der Waals surface area contributed by atoms with Crippen LogP contribution < -0.4 is 9.47 Å². The van der Waals surface area contributed by atoms with E-state index in [2.05, 4.69) is 0 Å². The van der Waals surface area contributed by atoms with Gasteiger partial charge in [0.1, 0.15) is 23.0 Å². The smallest absolute Gasteiger partial charge is 0.149 e. The highest BCUT2D eigenvalue weighted by Gasteiger charge is 2.06. The molecule has 0 unspecified atom stereocenters. The van der Waals surface area contributed by atoms with Crippen molar-refractivity contribution in [3.63, 3.8) is 0 Å². The zero-order chi connectivity index (χ0) is 14.5. The van der Waals surface area contributed by atoms with Gasteiger partial charge in [-0.2, -0.15) is 0 Å². The molecule has 0 aliphatic rings. The predicted octanol–water partition coefficient (Wildman–Crippen LogP) is 5.92. The Balaban J connectivity index is 1.83. The van der Waals surface area contributed by atoms with E-state index in [0.29, 0.717) is 16.5 Å². The molecule has 0 saturated heterocycles. The van der Waals surface area contributed by atoms with Crippen LogP contribution in [0.5, 0.6) is 23.0 Å². The molecule has 104 valence electrons. The molecule has 3 rings (SSSR count). The molecule has 0 fully saturated rings. The Labute approximate surface area is 128 Å². The summed E-state index contributed by atoms with van der Waals surface area (Å²) in [6, 6.07) is 24.4. The molecule has 0 bridgehead atoms. The third-order valence-electron chi connectivity index (χ3n) is 2.85. The summed E-state index contributed by atoms with van der Waals surface area (Å²) in [4.78, 5) is 0. The second-order valence-electron chi connectivity index (χ2n) is 4.42. The van der Waals surface area contributed by atoms with Gasteiger partial charge in [0.2, 0.25) is 0 Å². The minimum absolute atomic E-state index is 0.541. The number of para-hydroxylation sites is 2. The normalized spacial score (nSPS) is 10.1. The first-order chi connectivity index (χ1) is 10.3. The summed E-state index contributed by atoms with van der Waals surface area (Å²) < 4.78 is 11.5. The summed E-state index contributed by atoms with van der Waals surface area (Å²) in [5, 5.41) is 0.541. The molecule has 0 aliphatic carbocycles. The van der Waals surface area contributed by atoms with E-state index >= 15 is 0 Å². The van der Waals surface area contributed by atoms with Gasteiger partial charge in [0.25, 0.3) is 0 Å². The largest absolute Gasteiger partial charge is 0.457 e. The summed E-state index contributed by atoms with van der Waals surface area (Å²) >= 11 is 6.17. The van der Waals surface area contributed by atoms with Crippen LogP contribution in [0.15, 0.2) is 78.9 Å². The lowest BCUT2D eigenvalue weighted by atomic mass is 10.3. The molecule has 0 saturated carbocycles. The van der Waals surface area contributed by atoms with E-state index in [1.54, 1.807) is 12.1 Å². The molecular weight excluding hydrogens is 284 g/mol. The van der Waals surface area contributed by atoms with E-state index in [0.717, 1.165) is 11.5 Å². The Morgan fingerprint density at radius 2 is 1.14 bits per heavy atom. The van der Waals surface area contributed by atoms with Gasteiger partial charge in [-0.15, -0.1) is 0 Å². The standard InChI is InChI=1S/C18H13ClO2/c19-17-12-11-16(20-14-7-3-1-4-8-14)13-18(17)21-15-9-5-2-6-10-15/h1-13H. The van der Waals surface area contributed by atoms with Crippen LogP contribution in [0, 0.1) is 0 Å². The molecule has 0 radical (unpaired) electrons. The minimum Gasteiger partial charge on any atom is -0.457 e. The van der Waals surface area contributed by atoms with Crippen LogP contribution in [-0.4, -0.2) is 0 Å². The molecule has 3 heteroatoms. The average Bonchev–Trinajstić information content (AvgIpc) is 2.53. The minimum atomic E-state index is 0.541. The van der Waals surface area contributed by atoms with Crippen LogP contribution in [0.4, 0.5) is 0 Å². The van der Waals surface area contributed by atoms with E-state index in [4.69, 9.17) is 21.1 Å². The van der Waals surface area contributed by atoms with Gasteiger partial charge in [0.05, 0.1) is 5.02 Å². The van der Waals surface area contributed by atoms with E-state index in [-0.39, 0.29) is 0 Å². The van der Waals surface area contributed by atoms with Gasteiger partial charge in [0, 0.05) is 6.07 Å². The van der Waals surface area contributed by atoms with Crippen molar-refractivity contribution in [2.24, 2.45) is 0 Å². The molecule has 0 amide bonds. The first-order valence-corrected chi connectivity index (χ1v) is 6.94. The number of ether oxygens (including phenoxy) is 2. The van der Waals surface area contributed by atoms with Crippen molar-refractivity contribution < 1.29 is 9.47 Å². The Kier molecular flexibility index (Phi) is 4.08. The maximum Gasteiger partial charge on any atom is 0.149 e. The van der Waals surface area contributed by atoms with E-state index in [1.165, 1.54) is 0 Å². The Morgan fingerprint density at radius 1 is 0.571 bits per heavy atom. The topological polar surface area (TPSA) is 18.5 Å². The average molecular weight is 297 g/mol. The number of rotatable bonds is 4. The van der Waals surface area contributed by atoms with Crippen molar-refractivity contribution in [2.45, 2.75) is 0 Å². The van der Waals surface area contributed by atoms with Crippen molar-refractivity contribution in [1.82, 2.24) is 0 Å². The number of benzene rings is 3. The van der Waals surface area contributed by atoms with Gasteiger partial charge >= 0.3 is 0 Å². The van der Waals surface area contributed by atoms with Crippen LogP contribution in [0.2, 0.25) is 5.02 Å². The maximum absolute atomic E-state index is 6.17. The number of hydrogen-bond acceptors (Lipinski definition) is 2. The van der Waals surface area contributed by atoms with Crippen molar-refractivity contribution in [3.05, 3.63) is 83.9 Å². The lowest BCUT2D eigenvalue weighted by Gasteiger charge is -2.10. The van der Waals surface area contributed by atoms with E-state index in [1.807, 2.05) is 66.7 Å². The predicted molar refractivity (Wildman–Crippen MR) is 84.5 cm³/mol. The fourth-order valence-electron chi connectivity index (χ4n) is 1.87. The number of halogens is 1. The summed E-state index contributed by atoms with van der Waals surface area (Å²) in [5.41, 5.74) is 0. The van der Waals surface area contributed by atoms with E-state index < -0.39 is 0 Å². The molecule has 0 aromatic heterocycles. The summed E-state index contributed by atoms with van der Waals surface area (Å²) in [6.45, 7) is 0. The molecule has 0 aliphatic heterocycles. The second kappa shape index (κ2) is 6.33. The van der Waals surface area contributed by atoms with Crippen LogP contribution in [0.3, 0.4) is 0 Å². The second-order valence-corrected chi connectivity index (χ2v) is 4.83. The SMILES string of the molecule is Clc1ccc(Oc2ccccc2)cc1Oc1ccccc1. The van der Waals surface area contributed by atoms with Gasteiger partial charge in [-0.3, -0.25) is 0 Å². The van der Waals surface area contributed by atoms with Crippen LogP contribution in [-0.2, 0) is 0 Å². The van der Waals surface area contributed by atoms with Crippen molar-refractivity contribution in [2.75, 3.05) is 0 Å². The molecule has 0 atom stereocenters. The summed E-state index contributed by atoms with van der Waals surface area (Å²) in [7, 11) is 0. The van der Waals surface area contributed by atoms with Gasteiger partial charge in [0.15, 0.2) is 0 Å². The summed E-state index contributed by atoms with van der Waals surface area (Å²) in [6.07, 6.45) is 0. The lowest BCUT2D eigenvalue weighted by Crippen LogP contribution is -1.88. The fourth-order valence-corrected chi connectivity index (χ4v) is 2.02. The molecule has 0 heterocycles. The molecular formula is C18H13ClO2. The molecule has 2 nitrogen and oxygen atoms in total. The van der Waals surface area contributed by atoms with Gasteiger partial charge in [-0.05, 0) is 36.4 Å². The maximum atomic E-state index is 6.17. The van der Waals surface area contributed by atoms with Gasteiger partial charge < -0.3 is 9.47 Å². The highest BCUT2D eigenvalue weighted by molar-refractivity contribution is 6.32. The zero-order valence-corrected chi connectivity index (χ0v) is 12.0. The Bertz CT molecular complexity index is 712. The van der Waals surface area contributed by atoms with Crippen molar-refractivity contribution >= 4 is 11.6 Å². The van der Waals surface area contributed by atoms with E-state index in [9.17, 15) is 0 Å². The van der Waals surface area contributed by atoms with Crippen LogP contribution in [0.1, 0.15) is 0 Å². The van der Waals surface area contributed by atoms with Gasteiger partial charge in [-0.1, -0.05) is 48.0 Å². The summed E-state index contributed by atoms with van der Waals surface area (Å²) in [5.74, 6) is 2.74.